The highest BCUT2D eigenvalue weighted by atomic mass is 32.1. The fourth-order valence-electron chi connectivity index (χ4n) is 4.65. The Morgan fingerprint density at radius 3 is 2.76 bits per heavy atom. The second-order valence-corrected chi connectivity index (χ2v) is 8.69. The normalized spacial score (nSPS) is 29.7. The van der Waals surface area contributed by atoms with Crippen molar-refractivity contribution in [1.29, 1.82) is 0 Å². The monoisotopic (exact) mass is 358 g/mol. The zero-order valence-electron chi connectivity index (χ0n) is 14.9. The molecule has 134 valence electrons. The molecule has 0 spiro atoms. The third kappa shape index (κ3) is 3.59. The molecule has 0 bridgehead atoms. The number of methoxy groups -OCH3 is 1. The molecule has 4 nitrogen and oxygen atoms in total. The molecule has 5 heteroatoms. The summed E-state index contributed by atoms with van der Waals surface area (Å²) in [6, 6.07) is 11.1. The van der Waals surface area contributed by atoms with Gasteiger partial charge in [-0.1, -0.05) is 18.2 Å². The topological polar surface area (TPSA) is 41.6 Å². The van der Waals surface area contributed by atoms with Crippen LogP contribution in [0.4, 0.5) is 0 Å². The van der Waals surface area contributed by atoms with Crippen LogP contribution in [-0.4, -0.2) is 43.2 Å². The molecule has 4 rings (SSSR count). The number of hydrogen-bond acceptors (Lipinski definition) is 4. The van der Waals surface area contributed by atoms with E-state index in [1.165, 1.54) is 15.0 Å². The van der Waals surface area contributed by atoms with Crippen molar-refractivity contribution in [2.45, 2.75) is 38.5 Å². The highest BCUT2D eigenvalue weighted by molar-refractivity contribution is 7.19. The number of hydrogen-bond donors (Lipinski definition) is 1. The molecule has 0 unspecified atom stereocenters. The van der Waals surface area contributed by atoms with E-state index in [2.05, 4.69) is 40.5 Å². The number of amides is 1. The summed E-state index contributed by atoms with van der Waals surface area (Å²) in [6.07, 6.45) is 2.23. The Morgan fingerprint density at radius 2 is 2.04 bits per heavy atom. The number of nitrogens with zero attached hydrogens (tertiary/aromatic N) is 1. The average molecular weight is 359 g/mol. The van der Waals surface area contributed by atoms with Crippen molar-refractivity contribution in [1.82, 2.24) is 10.2 Å². The molecule has 1 aliphatic carbocycles. The van der Waals surface area contributed by atoms with Gasteiger partial charge in [0, 0.05) is 43.2 Å². The minimum Gasteiger partial charge on any atom is -0.379 e. The summed E-state index contributed by atoms with van der Waals surface area (Å²) in [6.45, 7) is 4.91. The molecule has 1 aliphatic heterocycles. The molecule has 4 atom stereocenters. The van der Waals surface area contributed by atoms with E-state index < -0.39 is 0 Å². The molecule has 1 saturated heterocycles. The molecule has 0 radical (unpaired) electrons. The number of carbonyl (C=O) groups excluding carboxylic acids is 1. The van der Waals surface area contributed by atoms with Gasteiger partial charge in [0.2, 0.25) is 5.91 Å². The Balaban J connectivity index is 1.42. The van der Waals surface area contributed by atoms with Crippen LogP contribution in [0.3, 0.4) is 0 Å². The maximum absolute atomic E-state index is 11.5. The van der Waals surface area contributed by atoms with Gasteiger partial charge < -0.3 is 10.1 Å². The molecule has 1 amide bonds. The van der Waals surface area contributed by atoms with Crippen LogP contribution in [0.1, 0.15) is 24.6 Å². The van der Waals surface area contributed by atoms with Crippen molar-refractivity contribution in [2.75, 3.05) is 20.2 Å². The van der Waals surface area contributed by atoms with Gasteiger partial charge in [-0.25, -0.2) is 0 Å². The largest absolute Gasteiger partial charge is 0.379 e. The van der Waals surface area contributed by atoms with Gasteiger partial charge in [-0.05, 0) is 42.2 Å². The predicted octanol–water partition coefficient (Wildman–Crippen LogP) is 3.26. The first-order valence-corrected chi connectivity index (χ1v) is 9.93. The van der Waals surface area contributed by atoms with Gasteiger partial charge in [-0.3, -0.25) is 9.69 Å². The van der Waals surface area contributed by atoms with Crippen molar-refractivity contribution in [3.63, 3.8) is 0 Å². The summed E-state index contributed by atoms with van der Waals surface area (Å²) in [4.78, 5) is 15.5. The van der Waals surface area contributed by atoms with Crippen molar-refractivity contribution in [2.24, 2.45) is 11.8 Å². The summed E-state index contributed by atoms with van der Waals surface area (Å²) in [5.41, 5.74) is 0. The first-order valence-electron chi connectivity index (χ1n) is 9.12. The smallest absolute Gasteiger partial charge is 0.217 e. The number of rotatable bonds is 4. The lowest BCUT2D eigenvalue weighted by Crippen LogP contribution is -2.49. The number of fused-ring (bicyclic) bond motifs is 2. The van der Waals surface area contributed by atoms with E-state index in [1.54, 1.807) is 14.0 Å². The van der Waals surface area contributed by atoms with E-state index >= 15 is 0 Å². The Kier molecular flexibility index (Phi) is 4.80. The Bertz CT molecular complexity index is 726. The molecule has 1 aromatic carbocycles. The number of thiophene rings is 1. The second-order valence-electron chi connectivity index (χ2n) is 7.52. The molecular weight excluding hydrogens is 332 g/mol. The molecule has 25 heavy (non-hydrogen) atoms. The average Bonchev–Trinajstić information content (AvgIpc) is 3.15. The number of carbonyl (C=O) groups is 1. The third-order valence-electron chi connectivity index (χ3n) is 5.74. The first kappa shape index (κ1) is 17.0. The van der Waals surface area contributed by atoms with Crippen LogP contribution >= 0.6 is 11.3 Å². The van der Waals surface area contributed by atoms with E-state index in [0.29, 0.717) is 11.8 Å². The summed E-state index contributed by atoms with van der Waals surface area (Å²) >= 11 is 1.91. The summed E-state index contributed by atoms with van der Waals surface area (Å²) in [5, 5.41) is 4.45. The first-order chi connectivity index (χ1) is 12.1. The Hall–Kier alpha value is -1.43. The maximum atomic E-state index is 11.5. The quantitative estimate of drug-likeness (QED) is 0.912. The standard InChI is InChI=1S/C20H26N2O2S/c1-13(23)21-18-8-15-10-22(11-16(15)9-19(18)24-2)12-17-7-14-5-3-4-6-20(14)25-17/h3-7,15-16,18-19H,8-12H2,1-2H3,(H,21,23)/t15-,16+,18-,19-/m1/s1. The molecule has 1 aromatic heterocycles. The predicted molar refractivity (Wildman–Crippen MR) is 102 cm³/mol. The lowest BCUT2D eigenvalue weighted by Gasteiger charge is -2.37. The van der Waals surface area contributed by atoms with E-state index in [-0.39, 0.29) is 18.1 Å². The summed E-state index contributed by atoms with van der Waals surface area (Å²) in [7, 11) is 1.77. The number of likely N-dealkylation sites (tertiary alicyclic amines) is 1. The zero-order chi connectivity index (χ0) is 17.4. The minimum atomic E-state index is 0.0469. The summed E-state index contributed by atoms with van der Waals surface area (Å²) < 4.78 is 7.05. The van der Waals surface area contributed by atoms with Gasteiger partial charge in [0.05, 0.1) is 12.1 Å². The minimum absolute atomic E-state index is 0.0469. The molecular formula is C20H26N2O2S. The van der Waals surface area contributed by atoms with Crippen LogP contribution in [0.15, 0.2) is 30.3 Å². The van der Waals surface area contributed by atoms with Gasteiger partial charge in [-0.2, -0.15) is 0 Å². The van der Waals surface area contributed by atoms with Crippen LogP contribution in [-0.2, 0) is 16.1 Å². The lowest BCUT2D eigenvalue weighted by atomic mass is 9.77. The molecule has 1 saturated carbocycles. The molecule has 2 heterocycles. The molecule has 1 N–H and O–H groups in total. The van der Waals surface area contributed by atoms with Crippen molar-refractivity contribution in [3.8, 4) is 0 Å². The SMILES string of the molecule is CO[C@@H]1C[C@H]2CN(Cc3cc4ccccc4s3)C[C@H]2C[C@H]1NC(C)=O. The van der Waals surface area contributed by atoms with E-state index in [0.717, 1.165) is 32.5 Å². The fraction of sp³-hybridized carbons (Fsp3) is 0.550. The van der Waals surface area contributed by atoms with Crippen LogP contribution < -0.4 is 5.32 Å². The maximum Gasteiger partial charge on any atom is 0.217 e. The number of nitrogens with one attached hydrogen (secondary N) is 1. The molecule has 2 fully saturated rings. The van der Waals surface area contributed by atoms with Crippen LogP contribution in [0.25, 0.3) is 10.1 Å². The fourth-order valence-corrected chi connectivity index (χ4v) is 5.76. The van der Waals surface area contributed by atoms with Gasteiger partial charge in [-0.15, -0.1) is 11.3 Å². The van der Waals surface area contributed by atoms with Crippen LogP contribution in [0.5, 0.6) is 0 Å². The van der Waals surface area contributed by atoms with E-state index in [4.69, 9.17) is 4.74 Å². The van der Waals surface area contributed by atoms with Gasteiger partial charge in [0.25, 0.3) is 0 Å². The van der Waals surface area contributed by atoms with Gasteiger partial charge in [0.15, 0.2) is 0 Å². The Labute approximate surface area is 153 Å². The number of benzene rings is 1. The highest BCUT2D eigenvalue weighted by Crippen LogP contribution is 2.38. The third-order valence-corrected chi connectivity index (χ3v) is 6.84. The van der Waals surface area contributed by atoms with Gasteiger partial charge >= 0.3 is 0 Å². The van der Waals surface area contributed by atoms with Gasteiger partial charge in [0.1, 0.15) is 0 Å². The van der Waals surface area contributed by atoms with E-state index in [1.807, 2.05) is 11.3 Å². The second kappa shape index (κ2) is 7.06. The van der Waals surface area contributed by atoms with Crippen molar-refractivity contribution in [3.05, 3.63) is 35.2 Å². The van der Waals surface area contributed by atoms with Crippen LogP contribution in [0.2, 0.25) is 0 Å². The van der Waals surface area contributed by atoms with E-state index in [9.17, 15) is 4.79 Å². The van der Waals surface area contributed by atoms with Crippen molar-refractivity contribution >= 4 is 27.3 Å². The highest BCUT2D eigenvalue weighted by Gasteiger charge is 2.42. The lowest BCUT2D eigenvalue weighted by molar-refractivity contribution is -0.121. The number of ether oxygens (including phenoxy) is 1. The zero-order valence-corrected chi connectivity index (χ0v) is 15.7. The van der Waals surface area contributed by atoms with Crippen LogP contribution in [0, 0.1) is 11.8 Å². The van der Waals surface area contributed by atoms with Crippen molar-refractivity contribution < 1.29 is 9.53 Å². The Morgan fingerprint density at radius 1 is 1.28 bits per heavy atom. The molecule has 2 aromatic rings. The molecule has 2 aliphatic rings. The summed E-state index contributed by atoms with van der Waals surface area (Å²) in [5.74, 6) is 1.40.